The van der Waals surface area contributed by atoms with Gasteiger partial charge in [0.05, 0.1) is 23.8 Å². The van der Waals surface area contributed by atoms with Gasteiger partial charge in [0.1, 0.15) is 5.75 Å². The SMILES string of the molecule is COc1cc([N+](=O)[O-])ccc1NC(=S)NCCN1CCCCC1. The summed E-state index contributed by atoms with van der Waals surface area (Å²) in [5.74, 6) is 0.388. The number of hydrogen-bond acceptors (Lipinski definition) is 5. The summed E-state index contributed by atoms with van der Waals surface area (Å²) in [7, 11) is 1.47. The Morgan fingerprint density at radius 1 is 1.39 bits per heavy atom. The standard InChI is InChI=1S/C15H22N4O3S/c1-22-14-11-12(19(20)21)5-6-13(14)17-15(23)16-7-10-18-8-3-2-4-9-18/h5-6,11H,2-4,7-10H2,1H3,(H2,16,17,23). The molecule has 0 spiro atoms. The Bertz CT molecular complexity index is 562. The molecule has 0 unspecified atom stereocenters. The van der Waals surface area contributed by atoms with E-state index in [-0.39, 0.29) is 5.69 Å². The Labute approximate surface area is 141 Å². The first-order valence-corrected chi connectivity index (χ1v) is 8.10. The molecule has 1 heterocycles. The van der Waals surface area contributed by atoms with Crippen molar-refractivity contribution in [2.24, 2.45) is 0 Å². The number of hydrogen-bond donors (Lipinski definition) is 2. The Morgan fingerprint density at radius 2 is 2.13 bits per heavy atom. The van der Waals surface area contributed by atoms with Crippen LogP contribution in [0.5, 0.6) is 5.75 Å². The fourth-order valence-electron chi connectivity index (χ4n) is 2.57. The van der Waals surface area contributed by atoms with Crippen molar-refractivity contribution in [2.45, 2.75) is 19.3 Å². The van der Waals surface area contributed by atoms with E-state index >= 15 is 0 Å². The molecule has 8 heteroatoms. The highest BCUT2D eigenvalue weighted by Crippen LogP contribution is 2.28. The average molecular weight is 338 g/mol. The van der Waals surface area contributed by atoms with E-state index in [1.54, 1.807) is 6.07 Å². The molecule has 1 aromatic carbocycles. The first-order valence-electron chi connectivity index (χ1n) is 7.70. The van der Waals surface area contributed by atoms with Gasteiger partial charge in [0.2, 0.25) is 0 Å². The van der Waals surface area contributed by atoms with Crippen molar-refractivity contribution in [1.29, 1.82) is 0 Å². The summed E-state index contributed by atoms with van der Waals surface area (Å²) in [4.78, 5) is 12.7. The zero-order chi connectivity index (χ0) is 16.7. The lowest BCUT2D eigenvalue weighted by Gasteiger charge is -2.26. The van der Waals surface area contributed by atoms with Crippen molar-refractivity contribution in [2.75, 3.05) is 38.6 Å². The second kappa shape index (κ2) is 8.64. The third-order valence-corrected chi connectivity index (χ3v) is 4.05. The van der Waals surface area contributed by atoms with E-state index in [1.807, 2.05) is 0 Å². The number of methoxy groups -OCH3 is 1. The minimum Gasteiger partial charge on any atom is -0.494 e. The Hall–Kier alpha value is -1.93. The van der Waals surface area contributed by atoms with Crippen LogP contribution in [0.25, 0.3) is 0 Å². The van der Waals surface area contributed by atoms with Crippen molar-refractivity contribution in [3.8, 4) is 5.75 Å². The molecule has 2 rings (SSSR count). The molecule has 1 saturated heterocycles. The number of nitrogens with one attached hydrogen (secondary N) is 2. The molecule has 0 aromatic heterocycles. The van der Waals surface area contributed by atoms with E-state index in [0.29, 0.717) is 16.5 Å². The summed E-state index contributed by atoms with van der Waals surface area (Å²) in [6.07, 6.45) is 3.86. The van der Waals surface area contributed by atoms with Gasteiger partial charge in [-0.1, -0.05) is 6.42 Å². The number of nitrogens with zero attached hydrogens (tertiary/aromatic N) is 2. The molecular formula is C15H22N4O3S. The van der Waals surface area contributed by atoms with Gasteiger partial charge in [0, 0.05) is 19.2 Å². The number of non-ortho nitro benzene ring substituents is 1. The number of nitro benzene ring substituents is 1. The Morgan fingerprint density at radius 3 is 2.78 bits per heavy atom. The lowest BCUT2D eigenvalue weighted by molar-refractivity contribution is -0.384. The number of likely N-dealkylation sites (tertiary alicyclic amines) is 1. The summed E-state index contributed by atoms with van der Waals surface area (Å²) >= 11 is 5.26. The maximum Gasteiger partial charge on any atom is 0.273 e. The molecule has 1 aromatic rings. The molecule has 0 aliphatic carbocycles. The van der Waals surface area contributed by atoms with Crippen LogP contribution in [0.4, 0.5) is 11.4 Å². The number of rotatable bonds is 6. The van der Waals surface area contributed by atoms with Gasteiger partial charge in [0.25, 0.3) is 5.69 Å². The molecule has 0 bridgehead atoms. The van der Waals surface area contributed by atoms with Crippen LogP contribution >= 0.6 is 12.2 Å². The Kier molecular flexibility index (Phi) is 6.54. The van der Waals surface area contributed by atoms with Crippen LogP contribution in [0.15, 0.2) is 18.2 Å². The molecule has 2 N–H and O–H groups in total. The maximum absolute atomic E-state index is 10.8. The van der Waals surface area contributed by atoms with Gasteiger partial charge >= 0.3 is 0 Å². The third-order valence-electron chi connectivity index (χ3n) is 3.81. The lowest BCUT2D eigenvalue weighted by atomic mass is 10.1. The third kappa shape index (κ3) is 5.33. The molecule has 1 aliphatic rings. The second-order valence-corrected chi connectivity index (χ2v) is 5.83. The van der Waals surface area contributed by atoms with E-state index in [9.17, 15) is 10.1 Å². The van der Waals surface area contributed by atoms with Crippen molar-refractivity contribution in [1.82, 2.24) is 10.2 Å². The van der Waals surface area contributed by atoms with E-state index in [2.05, 4.69) is 15.5 Å². The van der Waals surface area contributed by atoms with Gasteiger partial charge in [-0.15, -0.1) is 0 Å². The minimum atomic E-state index is -0.457. The lowest BCUT2D eigenvalue weighted by Crippen LogP contribution is -2.39. The summed E-state index contributed by atoms with van der Waals surface area (Å²) in [5, 5.41) is 17.4. The predicted molar refractivity (Wildman–Crippen MR) is 94.2 cm³/mol. The van der Waals surface area contributed by atoms with Gasteiger partial charge in [-0.25, -0.2) is 0 Å². The molecular weight excluding hydrogens is 316 g/mol. The largest absolute Gasteiger partial charge is 0.494 e. The van der Waals surface area contributed by atoms with Crippen molar-refractivity contribution < 1.29 is 9.66 Å². The van der Waals surface area contributed by atoms with Crippen LogP contribution < -0.4 is 15.4 Å². The van der Waals surface area contributed by atoms with Gasteiger partial charge in [0.15, 0.2) is 5.11 Å². The van der Waals surface area contributed by atoms with Crippen LogP contribution in [0.3, 0.4) is 0 Å². The van der Waals surface area contributed by atoms with Gasteiger partial charge in [-0.2, -0.15) is 0 Å². The van der Waals surface area contributed by atoms with Gasteiger partial charge < -0.3 is 20.3 Å². The fraction of sp³-hybridized carbons (Fsp3) is 0.533. The highest BCUT2D eigenvalue weighted by atomic mass is 32.1. The molecule has 1 aliphatic heterocycles. The molecule has 0 saturated carbocycles. The quantitative estimate of drug-likeness (QED) is 0.468. The summed E-state index contributed by atoms with van der Waals surface area (Å²) in [6.45, 7) is 4.02. The van der Waals surface area contributed by atoms with E-state index in [4.69, 9.17) is 17.0 Å². The number of benzene rings is 1. The maximum atomic E-state index is 10.8. The van der Waals surface area contributed by atoms with Crippen LogP contribution in [0.2, 0.25) is 0 Å². The zero-order valence-electron chi connectivity index (χ0n) is 13.2. The molecule has 1 fully saturated rings. The minimum absolute atomic E-state index is 0.0172. The van der Waals surface area contributed by atoms with E-state index < -0.39 is 4.92 Å². The monoisotopic (exact) mass is 338 g/mol. The highest BCUT2D eigenvalue weighted by Gasteiger charge is 2.13. The molecule has 23 heavy (non-hydrogen) atoms. The smallest absolute Gasteiger partial charge is 0.273 e. The molecule has 7 nitrogen and oxygen atoms in total. The zero-order valence-corrected chi connectivity index (χ0v) is 14.0. The summed E-state index contributed by atoms with van der Waals surface area (Å²) < 4.78 is 5.17. The van der Waals surface area contributed by atoms with Crippen molar-refractivity contribution in [3.05, 3.63) is 28.3 Å². The average Bonchev–Trinajstić information content (AvgIpc) is 2.56. The first kappa shape index (κ1) is 17.4. The molecule has 0 atom stereocenters. The number of nitro groups is 1. The van der Waals surface area contributed by atoms with Gasteiger partial charge in [-0.3, -0.25) is 10.1 Å². The normalized spacial score (nSPS) is 15.0. The number of thiocarbonyl (C=S) groups is 1. The molecule has 0 amide bonds. The molecule has 0 radical (unpaired) electrons. The van der Waals surface area contributed by atoms with E-state index in [1.165, 1.54) is 38.5 Å². The van der Waals surface area contributed by atoms with Gasteiger partial charge in [-0.05, 0) is 44.2 Å². The van der Waals surface area contributed by atoms with E-state index in [0.717, 1.165) is 26.2 Å². The number of piperidine rings is 1. The second-order valence-electron chi connectivity index (χ2n) is 5.42. The fourth-order valence-corrected chi connectivity index (χ4v) is 2.79. The van der Waals surface area contributed by atoms with Crippen molar-refractivity contribution >= 4 is 28.7 Å². The number of anilines is 1. The highest BCUT2D eigenvalue weighted by molar-refractivity contribution is 7.80. The van der Waals surface area contributed by atoms with Crippen LogP contribution in [-0.2, 0) is 0 Å². The predicted octanol–water partition coefficient (Wildman–Crippen LogP) is 2.38. The van der Waals surface area contributed by atoms with Crippen LogP contribution in [0.1, 0.15) is 19.3 Å². The summed E-state index contributed by atoms with van der Waals surface area (Å²) in [5.41, 5.74) is 0.588. The van der Waals surface area contributed by atoms with Crippen LogP contribution in [0, 0.1) is 10.1 Å². The van der Waals surface area contributed by atoms with Crippen molar-refractivity contribution in [3.63, 3.8) is 0 Å². The summed E-state index contributed by atoms with van der Waals surface area (Å²) in [6, 6.07) is 4.38. The Balaban J connectivity index is 1.83. The molecule has 126 valence electrons. The topological polar surface area (TPSA) is 79.7 Å². The van der Waals surface area contributed by atoms with Crippen LogP contribution in [-0.4, -0.2) is 48.2 Å². The first-order chi connectivity index (χ1) is 11.1. The number of ether oxygens (including phenoxy) is 1.